The number of hydrogen-bond acceptors (Lipinski definition) is 6. The maximum Gasteiger partial charge on any atom is 0.411 e. The number of anilines is 1. The Morgan fingerprint density at radius 3 is 2.14 bits per heavy atom. The van der Waals surface area contributed by atoms with E-state index in [-0.39, 0.29) is 53.5 Å². The second kappa shape index (κ2) is 17.0. The zero-order valence-electron chi connectivity index (χ0n) is 32.3. The van der Waals surface area contributed by atoms with E-state index in [1.807, 2.05) is 78.1 Å². The first-order valence-corrected chi connectivity index (χ1v) is 20.7. The molecule has 0 saturated carbocycles. The predicted molar refractivity (Wildman–Crippen MR) is 203 cm³/mol. The van der Waals surface area contributed by atoms with Crippen LogP contribution in [0.25, 0.3) is 0 Å². The minimum atomic E-state index is -2.02. The highest BCUT2D eigenvalue weighted by atomic mass is 28.4. The molecule has 1 aliphatic heterocycles. The number of carbonyl (C=O) groups is 4. The molecule has 274 valence electrons. The Hall–Kier alpha value is -3.76. The van der Waals surface area contributed by atoms with Gasteiger partial charge < -0.3 is 19.4 Å². The molecule has 1 heterocycles. The number of rotatable bonds is 14. The summed E-state index contributed by atoms with van der Waals surface area (Å²) in [5, 5.41) is 5.73. The summed E-state index contributed by atoms with van der Waals surface area (Å²) in [6.45, 7) is 25.1. The third-order valence-corrected chi connectivity index (χ3v) is 14.8. The first kappa shape index (κ1) is 40.7. The number of benzene rings is 2. The lowest BCUT2D eigenvalue weighted by Gasteiger charge is -2.38. The second-order valence-electron chi connectivity index (χ2n) is 15.7. The smallest absolute Gasteiger partial charge is 0.411 e. The van der Waals surface area contributed by atoms with Crippen LogP contribution in [-0.4, -0.2) is 55.6 Å². The van der Waals surface area contributed by atoms with Crippen LogP contribution in [0.15, 0.2) is 48.2 Å². The largest absolute Gasteiger partial charge is 0.444 e. The van der Waals surface area contributed by atoms with Crippen LogP contribution in [-0.2, 0) is 31.8 Å². The van der Waals surface area contributed by atoms with Gasteiger partial charge in [-0.3, -0.25) is 19.7 Å². The first-order valence-electron chi connectivity index (χ1n) is 17.8. The van der Waals surface area contributed by atoms with Crippen LogP contribution < -0.4 is 10.6 Å². The molecule has 9 nitrogen and oxygen atoms in total. The van der Waals surface area contributed by atoms with Crippen LogP contribution in [0.4, 0.5) is 10.5 Å². The summed E-state index contributed by atoms with van der Waals surface area (Å²) >= 11 is 0. The monoisotopic (exact) mass is 705 g/mol. The van der Waals surface area contributed by atoms with Crippen LogP contribution >= 0.6 is 0 Å². The highest BCUT2D eigenvalue weighted by Crippen LogP contribution is 2.37. The van der Waals surface area contributed by atoms with Gasteiger partial charge in [0.05, 0.1) is 29.9 Å². The molecular formula is C40H59N3O6Si. The summed E-state index contributed by atoms with van der Waals surface area (Å²) in [5.74, 6) is -0.293. The number of ketones is 1. The van der Waals surface area contributed by atoms with Gasteiger partial charge in [0.15, 0.2) is 14.1 Å². The fraction of sp³-hybridized carbons (Fsp3) is 0.550. The molecule has 3 atom stereocenters. The molecule has 0 aromatic heterocycles. The fourth-order valence-corrected chi connectivity index (χ4v) is 6.79. The van der Waals surface area contributed by atoms with E-state index < -0.39 is 20.5 Å². The van der Waals surface area contributed by atoms with Crippen molar-refractivity contribution in [3.63, 3.8) is 0 Å². The van der Waals surface area contributed by atoms with Gasteiger partial charge in [0, 0.05) is 18.5 Å². The molecule has 2 aromatic carbocycles. The molecule has 10 heteroatoms. The Bertz CT molecular complexity index is 1570. The Balaban J connectivity index is 1.63. The number of nitrogens with one attached hydrogen (secondary N) is 2. The average Bonchev–Trinajstić information content (AvgIpc) is 3.40. The quantitative estimate of drug-likeness (QED) is 0.191. The molecule has 0 fully saturated rings. The van der Waals surface area contributed by atoms with Crippen molar-refractivity contribution in [2.24, 2.45) is 11.8 Å². The van der Waals surface area contributed by atoms with Gasteiger partial charge in [-0.05, 0) is 99.0 Å². The third-order valence-electron chi connectivity index (χ3n) is 10.3. The minimum absolute atomic E-state index is 0.00910. The normalized spacial score (nSPS) is 16.1. The SMILES string of the molecule is CC[C@H](C(=O)N[C@@H](C)C(=O)Cc1ccc(COC(=O)Nc2cc(C)c(C)cc2C(=O)N2C=C(C)C[C@H]2CO[Si](C)(C)C(C)(C)C)cc1)C(C)C. The van der Waals surface area contributed by atoms with Gasteiger partial charge in [-0.15, -0.1) is 0 Å². The van der Waals surface area contributed by atoms with E-state index in [0.717, 1.165) is 40.7 Å². The number of amides is 3. The molecule has 0 radical (unpaired) electrons. The van der Waals surface area contributed by atoms with Crippen molar-refractivity contribution < 1.29 is 28.3 Å². The molecule has 0 saturated heterocycles. The zero-order valence-corrected chi connectivity index (χ0v) is 33.3. The van der Waals surface area contributed by atoms with Gasteiger partial charge >= 0.3 is 6.09 Å². The molecule has 0 bridgehead atoms. The van der Waals surface area contributed by atoms with E-state index in [0.29, 0.717) is 17.9 Å². The maximum absolute atomic E-state index is 14.0. The van der Waals surface area contributed by atoms with Crippen molar-refractivity contribution in [2.45, 2.75) is 125 Å². The number of carbonyl (C=O) groups excluding carboxylic acids is 4. The molecule has 3 amide bonds. The molecule has 50 heavy (non-hydrogen) atoms. The van der Waals surface area contributed by atoms with Gasteiger partial charge in [-0.2, -0.15) is 0 Å². The number of ether oxygens (including phenoxy) is 1. The highest BCUT2D eigenvalue weighted by molar-refractivity contribution is 6.74. The Labute approximate surface area is 300 Å². The van der Waals surface area contributed by atoms with Crippen LogP contribution in [0.5, 0.6) is 0 Å². The topological polar surface area (TPSA) is 114 Å². The van der Waals surface area contributed by atoms with E-state index in [4.69, 9.17) is 9.16 Å². The molecule has 0 aliphatic carbocycles. The van der Waals surface area contributed by atoms with Crippen LogP contribution in [0.2, 0.25) is 18.1 Å². The summed E-state index contributed by atoms with van der Waals surface area (Å²) in [5.41, 5.74) is 5.31. The summed E-state index contributed by atoms with van der Waals surface area (Å²) < 4.78 is 12.1. The standard InChI is InChI=1S/C40H59N3O6Si/c1-13-33(25(2)3)37(45)41-29(7)36(44)21-30-14-16-31(17-15-30)23-48-39(47)42-35-20-28(6)27(5)19-34(35)38(46)43-22-26(4)18-32(43)24-49-50(11,12)40(8,9)10/h14-17,19-20,22,25,29,32-33H,13,18,21,23-24H2,1-12H3,(H,41,45)(H,42,47)/t29-,32-,33-/m0/s1. The van der Waals surface area contributed by atoms with Crippen LogP contribution in [0.3, 0.4) is 0 Å². The Morgan fingerprint density at radius 2 is 1.56 bits per heavy atom. The van der Waals surface area contributed by atoms with Crippen molar-refractivity contribution >= 4 is 37.7 Å². The summed E-state index contributed by atoms with van der Waals surface area (Å²) in [7, 11) is -2.02. The average molecular weight is 706 g/mol. The van der Waals surface area contributed by atoms with Crippen LogP contribution in [0.1, 0.15) is 101 Å². The fourth-order valence-electron chi connectivity index (χ4n) is 5.75. The van der Waals surface area contributed by atoms with Gasteiger partial charge in [-0.25, -0.2) is 4.79 Å². The van der Waals surface area contributed by atoms with Crippen LogP contribution in [0, 0.1) is 25.7 Å². The number of hydrogen-bond donors (Lipinski definition) is 2. The van der Waals surface area contributed by atoms with Gasteiger partial charge in [0.1, 0.15) is 6.61 Å². The molecule has 2 N–H and O–H groups in total. The molecular weight excluding hydrogens is 647 g/mol. The minimum Gasteiger partial charge on any atom is -0.444 e. The van der Waals surface area contributed by atoms with Crippen molar-refractivity contribution in [1.82, 2.24) is 10.2 Å². The van der Waals surface area contributed by atoms with Gasteiger partial charge in [-0.1, -0.05) is 71.4 Å². The maximum atomic E-state index is 14.0. The van der Waals surface area contributed by atoms with Crippen molar-refractivity contribution in [2.75, 3.05) is 11.9 Å². The Kier molecular flexibility index (Phi) is 13.8. The van der Waals surface area contributed by atoms with E-state index in [1.165, 1.54) is 0 Å². The number of aryl methyl sites for hydroxylation is 2. The Morgan fingerprint density at radius 1 is 0.960 bits per heavy atom. The molecule has 0 spiro atoms. The molecule has 2 aromatic rings. The zero-order chi connectivity index (χ0) is 37.6. The van der Waals surface area contributed by atoms with E-state index >= 15 is 0 Å². The highest BCUT2D eigenvalue weighted by Gasteiger charge is 2.39. The molecule has 3 rings (SSSR count). The predicted octanol–water partition coefficient (Wildman–Crippen LogP) is 8.49. The third kappa shape index (κ3) is 10.6. The summed E-state index contributed by atoms with van der Waals surface area (Å²) in [6, 6.07) is 10.2. The molecule has 0 unspecified atom stereocenters. The molecule has 1 aliphatic rings. The van der Waals surface area contributed by atoms with Gasteiger partial charge in [0.25, 0.3) is 5.91 Å². The number of nitrogens with zero attached hydrogens (tertiary/aromatic N) is 1. The van der Waals surface area contributed by atoms with Crippen molar-refractivity contribution in [1.29, 1.82) is 0 Å². The van der Waals surface area contributed by atoms with Crippen molar-refractivity contribution in [3.05, 3.63) is 76.0 Å². The lowest BCUT2D eigenvalue weighted by Crippen LogP contribution is -2.45. The van der Waals surface area contributed by atoms with E-state index in [9.17, 15) is 19.2 Å². The lowest BCUT2D eigenvalue weighted by atomic mass is 9.92. The second-order valence-corrected chi connectivity index (χ2v) is 20.6. The van der Waals surface area contributed by atoms with E-state index in [2.05, 4.69) is 44.5 Å². The first-order chi connectivity index (χ1) is 23.2. The lowest BCUT2D eigenvalue weighted by molar-refractivity contribution is -0.130. The summed E-state index contributed by atoms with van der Waals surface area (Å²) in [6.07, 6.45) is 2.85. The van der Waals surface area contributed by atoms with Crippen molar-refractivity contribution in [3.8, 4) is 0 Å². The summed E-state index contributed by atoms with van der Waals surface area (Å²) in [4.78, 5) is 54.2. The van der Waals surface area contributed by atoms with E-state index in [1.54, 1.807) is 17.9 Å². The number of Topliss-reactive ketones (excluding diaryl/α,β-unsaturated/α-hetero) is 1. The van der Waals surface area contributed by atoms with Gasteiger partial charge in [0.2, 0.25) is 5.91 Å².